The molecule has 0 fully saturated rings. The molecular weight excluding hydrogens is 472 g/mol. The number of carboxylic acid groups (broad SMARTS) is 1. The van der Waals surface area contributed by atoms with Crippen LogP contribution in [0.1, 0.15) is 28.3 Å². The van der Waals surface area contributed by atoms with Crippen molar-refractivity contribution in [3.05, 3.63) is 94.0 Å². The highest BCUT2D eigenvalue weighted by Crippen LogP contribution is 2.40. The van der Waals surface area contributed by atoms with Crippen LogP contribution in [-0.4, -0.2) is 41.3 Å². The summed E-state index contributed by atoms with van der Waals surface area (Å²) in [6.07, 6.45) is 0.828. The third kappa shape index (κ3) is 5.26. The minimum absolute atomic E-state index is 0.287. The molecule has 34 heavy (non-hydrogen) atoms. The molecule has 8 heteroatoms. The Morgan fingerprint density at radius 2 is 1.88 bits per heavy atom. The molecule has 1 heterocycles. The molecule has 3 aromatic carbocycles. The van der Waals surface area contributed by atoms with Gasteiger partial charge in [0.1, 0.15) is 11.5 Å². The highest BCUT2D eigenvalue weighted by atomic mass is 35.5. The number of benzene rings is 3. The van der Waals surface area contributed by atoms with Gasteiger partial charge in [-0.2, -0.15) is 0 Å². The maximum atomic E-state index is 11.2. The Balaban J connectivity index is 1.68. The zero-order valence-corrected chi connectivity index (χ0v) is 20.2. The van der Waals surface area contributed by atoms with Gasteiger partial charge in [-0.05, 0) is 54.0 Å². The van der Waals surface area contributed by atoms with Crippen LogP contribution < -0.4 is 14.8 Å². The molecule has 176 valence electrons. The van der Waals surface area contributed by atoms with Crippen molar-refractivity contribution in [1.29, 1.82) is 0 Å². The van der Waals surface area contributed by atoms with Gasteiger partial charge in [0.25, 0.3) is 0 Å². The molecule has 0 aromatic heterocycles. The first-order valence-corrected chi connectivity index (χ1v) is 11.6. The van der Waals surface area contributed by atoms with Gasteiger partial charge in [-0.25, -0.2) is 4.79 Å². The summed E-state index contributed by atoms with van der Waals surface area (Å²) in [6.45, 7) is 0.745. The van der Waals surface area contributed by atoms with Gasteiger partial charge in [-0.3, -0.25) is 0 Å². The van der Waals surface area contributed by atoms with E-state index >= 15 is 0 Å². The maximum Gasteiger partial charge on any atom is 0.341 e. The first-order valence-electron chi connectivity index (χ1n) is 10.9. The van der Waals surface area contributed by atoms with Crippen LogP contribution >= 0.6 is 23.8 Å². The molecule has 1 aliphatic rings. The predicted molar refractivity (Wildman–Crippen MR) is 136 cm³/mol. The number of thiocarbonyl (C=S) groups is 1. The molecule has 1 atom stereocenters. The molecular formula is C26H25ClN2O4S. The molecule has 4 rings (SSSR count). The first-order chi connectivity index (χ1) is 16.5. The Hall–Kier alpha value is -3.29. The van der Waals surface area contributed by atoms with E-state index in [1.807, 2.05) is 42.5 Å². The summed E-state index contributed by atoms with van der Waals surface area (Å²) >= 11 is 12.2. The number of fused-ring (bicyclic) bond motifs is 1. The van der Waals surface area contributed by atoms with E-state index in [2.05, 4.69) is 22.3 Å². The number of halogens is 1. The highest BCUT2D eigenvalue weighted by Gasteiger charge is 2.32. The van der Waals surface area contributed by atoms with Crippen molar-refractivity contribution in [3.8, 4) is 11.5 Å². The summed E-state index contributed by atoms with van der Waals surface area (Å²) in [5, 5.41) is 13.6. The van der Waals surface area contributed by atoms with Crippen LogP contribution in [0, 0.1) is 0 Å². The summed E-state index contributed by atoms with van der Waals surface area (Å²) < 4.78 is 11.1. The van der Waals surface area contributed by atoms with E-state index in [-0.39, 0.29) is 6.04 Å². The average Bonchev–Trinajstić information content (AvgIpc) is 2.85. The van der Waals surface area contributed by atoms with E-state index in [1.54, 1.807) is 19.2 Å². The normalized spacial score (nSPS) is 14.8. The third-order valence-corrected chi connectivity index (χ3v) is 6.40. The zero-order chi connectivity index (χ0) is 24.1. The number of carbonyl (C=O) groups is 1. The molecule has 6 nitrogen and oxygen atoms in total. The number of rotatable bonds is 7. The fourth-order valence-corrected chi connectivity index (χ4v) is 4.70. The van der Waals surface area contributed by atoms with E-state index in [9.17, 15) is 4.79 Å². The number of carboxylic acids is 1. The lowest BCUT2D eigenvalue weighted by Gasteiger charge is -2.40. The van der Waals surface area contributed by atoms with E-state index < -0.39 is 12.6 Å². The molecule has 2 N–H and O–H groups in total. The highest BCUT2D eigenvalue weighted by molar-refractivity contribution is 7.80. The van der Waals surface area contributed by atoms with Gasteiger partial charge in [0.2, 0.25) is 0 Å². The Kier molecular flexibility index (Phi) is 7.55. The number of hydrogen-bond donors (Lipinski definition) is 2. The van der Waals surface area contributed by atoms with Gasteiger partial charge in [0.15, 0.2) is 11.7 Å². The smallest absolute Gasteiger partial charge is 0.341 e. The molecule has 0 saturated carbocycles. The van der Waals surface area contributed by atoms with Crippen molar-refractivity contribution < 1.29 is 19.4 Å². The number of ether oxygens (including phenoxy) is 2. The van der Waals surface area contributed by atoms with Crippen LogP contribution in [0.2, 0.25) is 5.02 Å². The van der Waals surface area contributed by atoms with Crippen LogP contribution in [0.5, 0.6) is 11.5 Å². The first kappa shape index (κ1) is 23.9. The standard InChI is InChI=1S/C26H25ClN2O4S/c1-32-22-9-5-3-7-18(22)15-28-26(34)29-13-12-17-6-2-4-8-20(17)25(29)21-14-19(27)10-11-23(21)33-16-24(30)31/h2-11,14,25H,12-13,15-16H2,1H3,(H,28,34)(H,30,31). The van der Waals surface area contributed by atoms with Crippen molar-refractivity contribution >= 4 is 34.9 Å². The fourth-order valence-electron chi connectivity index (χ4n) is 4.25. The van der Waals surface area contributed by atoms with Crippen molar-refractivity contribution in [2.24, 2.45) is 0 Å². The SMILES string of the molecule is COc1ccccc1CNC(=S)N1CCc2ccccc2C1c1cc(Cl)ccc1OCC(=O)O. The lowest BCUT2D eigenvalue weighted by molar-refractivity contribution is -0.139. The number of hydrogen-bond acceptors (Lipinski definition) is 4. The largest absolute Gasteiger partial charge is 0.496 e. The number of aliphatic carboxylic acids is 1. The van der Waals surface area contributed by atoms with Crippen molar-refractivity contribution in [2.75, 3.05) is 20.3 Å². The lowest BCUT2D eigenvalue weighted by atomic mass is 9.88. The molecule has 0 amide bonds. The molecule has 0 radical (unpaired) electrons. The summed E-state index contributed by atoms with van der Waals surface area (Å²) in [4.78, 5) is 13.3. The van der Waals surface area contributed by atoms with Crippen LogP contribution in [0.4, 0.5) is 0 Å². The Morgan fingerprint density at radius 1 is 1.12 bits per heavy atom. The van der Waals surface area contributed by atoms with E-state index in [1.165, 1.54) is 5.56 Å². The van der Waals surface area contributed by atoms with Crippen molar-refractivity contribution in [2.45, 2.75) is 19.0 Å². The van der Waals surface area contributed by atoms with Crippen LogP contribution in [0.25, 0.3) is 0 Å². The van der Waals surface area contributed by atoms with Gasteiger partial charge in [0, 0.05) is 29.2 Å². The van der Waals surface area contributed by atoms with Gasteiger partial charge in [0.05, 0.1) is 13.2 Å². The second-order valence-corrected chi connectivity index (χ2v) is 8.70. The minimum Gasteiger partial charge on any atom is -0.496 e. The Morgan fingerprint density at radius 3 is 2.68 bits per heavy atom. The van der Waals surface area contributed by atoms with Crippen LogP contribution in [0.3, 0.4) is 0 Å². The average molecular weight is 497 g/mol. The molecule has 3 aromatic rings. The second kappa shape index (κ2) is 10.8. The predicted octanol–water partition coefficient (Wildman–Crippen LogP) is 4.83. The zero-order valence-electron chi connectivity index (χ0n) is 18.7. The Labute approximate surface area is 209 Å². The summed E-state index contributed by atoms with van der Waals surface area (Å²) in [5.74, 6) is 0.208. The van der Waals surface area contributed by atoms with E-state index in [4.69, 9.17) is 38.4 Å². The van der Waals surface area contributed by atoms with Crippen molar-refractivity contribution in [1.82, 2.24) is 10.2 Å². The maximum absolute atomic E-state index is 11.2. The molecule has 1 unspecified atom stereocenters. The number of para-hydroxylation sites is 1. The van der Waals surface area contributed by atoms with Crippen molar-refractivity contribution in [3.63, 3.8) is 0 Å². The van der Waals surface area contributed by atoms with Gasteiger partial charge in [-0.1, -0.05) is 54.1 Å². The number of nitrogens with zero attached hydrogens (tertiary/aromatic N) is 1. The summed E-state index contributed by atoms with van der Waals surface area (Å²) in [6, 6.07) is 20.9. The topological polar surface area (TPSA) is 71.0 Å². The van der Waals surface area contributed by atoms with Gasteiger partial charge in [-0.15, -0.1) is 0 Å². The van der Waals surface area contributed by atoms with E-state index in [0.29, 0.717) is 29.0 Å². The molecule has 0 aliphatic carbocycles. The van der Waals surface area contributed by atoms with Gasteiger partial charge >= 0.3 is 5.97 Å². The summed E-state index contributed by atoms with van der Waals surface area (Å²) in [7, 11) is 1.65. The molecule has 0 bridgehead atoms. The monoisotopic (exact) mass is 496 g/mol. The molecule has 1 aliphatic heterocycles. The number of methoxy groups -OCH3 is 1. The van der Waals surface area contributed by atoms with Crippen LogP contribution in [0.15, 0.2) is 66.7 Å². The van der Waals surface area contributed by atoms with Crippen LogP contribution in [-0.2, 0) is 17.8 Å². The second-order valence-electron chi connectivity index (χ2n) is 7.88. The molecule has 0 saturated heterocycles. The minimum atomic E-state index is -1.05. The van der Waals surface area contributed by atoms with Gasteiger partial charge < -0.3 is 24.8 Å². The Bertz CT molecular complexity index is 1200. The summed E-state index contributed by atoms with van der Waals surface area (Å²) in [5.41, 5.74) is 4.05. The molecule has 0 spiro atoms. The number of nitrogens with one attached hydrogen (secondary N) is 1. The quantitative estimate of drug-likeness (QED) is 0.454. The lowest BCUT2D eigenvalue weighted by Crippen LogP contribution is -2.45. The third-order valence-electron chi connectivity index (χ3n) is 5.78. The fraction of sp³-hybridized carbons (Fsp3) is 0.231. The van der Waals surface area contributed by atoms with E-state index in [0.717, 1.165) is 28.9 Å².